The number of amides is 2. The Bertz CT molecular complexity index is 2780. The molecule has 6 aromatic rings. The van der Waals surface area contributed by atoms with Gasteiger partial charge in [-0.3, -0.25) is 20.2 Å². The van der Waals surface area contributed by atoms with Crippen molar-refractivity contribution in [3.63, 3.8) is 0 Å². The number of ether oxygens (including phenoxy) is 2. The summed E-state index contributed by atoms with van der Waals surface area (Å²) >= 11 is 2.37. The maximum absolute atomic E-state index is 12.5. The molecular weight excluding hydrogens is 872 g/mol. The summed E-state index contributed by atoms with van der Waals surface area (Å²) in [5.74, 6) is -2.08. The third-order valence-corrected chi connectivity index (χ3v) is 10.8. The van der Waals surface area contributed by atoms with Crippen molar-refractivity contribution in [2.24, 2.45) is 0 Å². The van der Waals surface area contributed by atoms with Crippen LogP contribution in [0.2, 0.25) is 0 Å². The fourth-order valence-electron chi connectivity index (χ4n) is 6.08. The molecule has 4 aromatic carbocycles. The maximum atomic E-state index is 12.5. The van der Waals surface area contributed by atoms with E-state index in [2.05, 4.69) is 30.2 Å². The van der Waals surface area contributed by atoms with Crippen LogP contribution in [0.25, 0.3) is 34.7 Å². The number of hydrogen-bond donors (Lipinski definition) is 5. The van der Waals surface area contributed by atoms with Crippen molar-refractivity contribution >= 4 is 62.6 Å². The number of nitriles is 2. The van der Waals surface area contributed by atoms with Crippen LogP contribution in [0.4, 0.5) is 29.1 Å². The molecule has 0 spiro atoms. The number of anilines is 3. The van der Waals surface area contributed by atoms with Crippen molar-refractivity contribution < 1.29 is 47.6 Å². The zero-order valence-corrected chi connectivity index (χ0v) is 35.4. The number of morpholine rings is 1. The van der Waals surface area contributed by atoms with Gasteiger partial charge >= 0.3 is 6.36 Å². The lowest BCUT2D eigenvalue weighted by Gasteiger charge is -2.28. The Labute approximate surface area is 372 Å². The Kier molecular flexibility index (Phi) is 14.6. The monoisotopic (exact) mass is 907 g/mol. The predicted molar refractivity (Wildman–Crippen MR) is 237 cm³/mol. The summed E-state index contributed by atoms with van der Waals surface area (Å²) in [5, 5.41) is 56.8. The number of nitrogens with one attached hydrogen (secondary N) is 2. The minimum absolute atomic E-state index is 0.151. The number of phenolic OH excluding ortho intramolecular Hbond substituents is 3. The molecule has 326 valence electrons. The first kappa shape index (κ1) is 45.8. The van der Waals surface area contributed by atoms with Gasteiger partial charge in [-0.1, -0.05) is 18.2 Å². The molecule has 0 saturated carbocycles. The van der Waals surface area contributed by atoms with Crippen LogP contribution in [0.3, 0.4) is 0 Å². The summed E-state index contributed by atoms with van der Waals surface area (Å²) in [4.78, 5) is 36.0. The first-order valence-electron chi connectivity index (χ1n) is 19.0. The molecule has 19 heteroatoms. The van der Waals surface area contributed by atoms with E-state index in [1.54, 1.807) is 31.4 Å². The number of carbonyl (C=O) groups is 2. The third-order valence-electron chi connectivity index (χ3n) is 9.24. The second-order valence-corrected chi connectivity index (χ2v) is 15.5. The van der Waals surface area contributed by atoms with Gasteiger partial charge in [-0.2, -0.15) is 10.5 Å². The topological polar surface area (TPSA) is 214 Å². The number of carbonyl (C=O) groups excluding carboxylic acids is 2. The van der Waals surface area contributed by atoms with Crippen molar-refractivity contribution in [1.82, 2.24) is 9.97 Å². The Morgan fingerprint density at radius 3 is 1.73 bits per heavy atom. The third kappa shape index (κ3) is 12.2. The Morgan fingerprint density at radius 1 is 0.750 bits per heavy atom. The number of halogens is 3. The summed E-state index contributed by atoms with van der Waals surface area (Å²) < 4.78 is 46.0. The first-order chi connectivity index (χ1) is 30.6. The molecule has 0 radical (unpaired) electrons. The van der Waals surface area contributed by atoms with Gasteiger partial charge in [-0.05, 0) is 109 Å². The number of thiazole rings is 2. The molecule has 64 heavy (non-hydrogen) atoms. The van der Waals surface area contributed by atoms with Crippen LogP contribution in [0.5, 0.6) is 23.0 Å². The van der Waals surface area contributed by atoms with Crippen LogP contribution in [0.1, 0.15) is 22.3 Å². The van der Waals surface area contributed by atoms with Gasteiger partial charge in [0.2, 0.25) is 0 Å². The Hall–Kier alpha value is -7.71. The van der Waals surface area contributed by atoms with Gasteiger partial charge in [0.25, 0.3) is 11.8 Å². The second-order valence-electron chi connectivity index (χ2n) is 13.8. The zero-order valence-electron chi connectivity index (χ0n) is 33.8. The van der Waals surface area contributed by atoms with E-state index in [0.717, 1.165) is 54.6 Å². The molecule has 0 atom stereocenters. The molecule has 2 aromatic heterocycles. The lowest BCUT2D eigenvalue weighted by molar-refractivity contribution is -0.274. The largest absolute Gasteiger partial charge is 0.573 e. The normalized spacial score (nSPS) is 12.9. The molecule has 0 aliphatic carbocycles. The maximum Gasteiger partial charge on any atom is 0.573 e. The van der Waals surface area contributed by atoms with E-state index in [0.29, 0.717) is 38.6 Å². The lowest BCUT2D eigenvalue weighted by atomic mass is 10.0. The zero-order chi connectivity index (χ0) is 46.0. The van der Waals surface area contributed by atoms with Crippen molar-refractivity contribution in [2.45, 2.75) is 20.2 Å². The number of aromatic hydroxyl groups is 3. The molecular formula is C45H36F3N7O7S2. The van der Waals surface area contributed by atoms with Crippen LogP contribution in [-0.4, -0.2) is 69.8 Å². The molecule has 3 heterocycles. The second kappa shape index (κ2) is 20.4. The molecule has 0 unspecified atom stereocenters. The number of hydrogen-bond acceptors (Lipinski definition) is 14. The number of benzene rings is 4. The number of nitrogens with zero attached hydrogens (tertiary/aromatic N) is 5. The Morgan fingerprint density at radius 2 is 1.25 bits per heavy atom. The van der Waals surface area contributed by atoms with Gasteiger partial charge in [0.15, 0.2) is 21.8 Å². The average molecular weight is 908 g/mol. The van der Waals surface area contributed by atoms with Crippen LogP contribution in [-0.2, 0) is 14.3 Å². The fourth-order valence-corrected chi connectivity index (χ4v) is 7.51. The van der Waals surface area contributed by atoms with E-state index in [4.69, 9.17) is 4.74 Å². The summed E-state index contributed by atoms with van der Waals surface area (Å²) in [6.07, 6.45) is -2.04. The van der Waals surface area contributed by atoms with E-state index < -0.39 is 18.2 Å². The molecule has 7 rings (SSSR count). The quantitative estimate of drug-likeness (QED) is 0.0494. The summed E-state index contributed by atoms with van der Waals surface area (Å²) in [6.45, 7) is 6.61. The van der Waals surface area contributed by atoms with E-state index in [1.807, 2.05) is 41.8 Å². The van der Waals surface area contributed by atoms with Crippen molar-refractivity contribution in [1.29, 1.82) is 10.5 Å². The van der Waals surface area contributed by atoms with Gasteiger partial charge in [0, 0.05) is 40.7 Å². The van der Waals surface area contributed by atoms with Crippen molar-refractivity contribution in [3.8, 4) is 57.7 Å². The van der Waals surface area contributed by atoms with Gasteiger partial charge in [-0.25, -0.2) is 9.97 Å². The fraction of sp³-hybridized carbons (Fsp3) is 0.156. The summed E-state index contributed by atoms with van der Waals surface area (Å²) in [6, 6.07) is 24.3. The minimum atomic E-state index is -4.77. The van der Waals surface area contributed by atoms with E-state index in [9.17, 15) is 48.6 Å². The summed E-state index contributed by atoms with van der Waals surface area (Å²) in [5.41, 5.74) is 5.68. The van der Waals surface area contributed by atoms with Gasteiger partial charge in [0.1, 0.15) is 34.8 Å². The van der Waals surface area contributed by atoms with Crippen LogP contribution >= 0.6 is 22.7 Å². The minimum Gasteiger partial charge on any atom is -0.507 e. The number of rotatable bonds is 10. The number of aryl methyl sites for hydroxylation is 2. The highest BCUT2D eigenvalue weighted by Crippen LogP contribution is 2.31. The Balaban J connectivity index is 0.000000213. The summed E-state index contributed by atoms with van der Waals surface area (Å²) in [7, 11) is 0. The SMILES string of the molecule is Cc1cc(/C=C(\C#N)C(=O)Nc2nc(-c3ccc(OC(F)(F)F)cc3)cs2)cc(C)c1O.N#C/C(=C\c1ccc(O)c(O)c1)C(=O)Nc1nc(-c2ccc(N3CCOCC3)cc2)cs1. The van der Waals surface area contributed by atoms with E-state index in [1.165, 1.54) is 66.0 Å². The van der Waals surface area contributed by atoms with Gasteiger partial charge in [-0.15, -0.1) is 35.8 Å². The van der Waals surface area contributed by atoms with Gasteiger partial charge < -0.3 is 29.7 Å². The number of alkyl halides is 3. The van der Waals surface area contributed by atoms with Crippen LogP contribution in [0.15, 0.2) is 101 Å². The smallest absolute Gasteiger partial charge is 0.507 e. The average Bonchev–Trinajstić information content (AvgIpc) is 3.95. The molecule has 14 nitrogen and oxygen atoms in total. The van der Waals surface area contributed by atoms with Crippen molar-refractivity contribution in [3.05, 3.63) is 123 Å². The van der Waals surface area contributed by atoms with Crippen LogP contribution in [0, 0.1) is 36.5 Å². The number of phenols is 3. The lowest BCUT2D eigenvalue weighted by Crippen LogP contribution is -2.36. The van der Waals surface area contributed by atoms with Crippen molar-refractivity contribution in [2.75, 3.05) is 41.8 Å². The highest BCUT2D eigenvalue weighted by Gasteiger charge is 2.31. The van der Waals surface area contributed by atoms with E-state index >= 15 is 0 Å². The molecule has 1 aliphatic rings. The predicted octanol–water partition coefficient (Wildman–Crippen LogP) is 9.18. The first-order valence-corrected chi connectivity index (χ1v) is 20.7. The number of aromatic nitrogens is 2. The molecule has 1 saturated heterocycles. The van der Waals surface area contributed by atoms with Crippen LogP contribution < -0.4 is 20.3 Å². The molecule has 2 amide bonds. The standard InChI is InChI=1S/C23H20N4O4S.C22H16F3N3O3S/c24-13-17(11-15-1-6-20(28)21(29)12-15)22(30)26-23-25-19(14-32-23)16-2-4-18(5-3-16)27-7-9-31-10-8-27;1-12-7-14(8-13(2)19(12)29)9-16(10-26)20(30)28-21-27-18(11-32-21)15-3-5-17(6-4-15)31-22(23,24)25/h1-6,11-12,14,28-29H,7-10H2,(H,25,26,30);3-9,11,29H,1-2H3,(H,27,28,30)/b17-11+;16-9+. The molecule has 1 aliphatic heterocycles. The molecule has 1 fully saturated rings. The van der Waals surface area contributed by atoms with E-state index in [-0.39, 0.29) is 39.3 Å². The highest BCUT2D eigenvalue weighted by molar-refractivity contribution is 7.14. The molecule has 5 N–H and O–H groups in total. The molecule has 0 bridgehead atoms. The highest BCUT2D eigenvalue weighted by atomic mass is 32.1. The van der Waals surface area contributed by atoms with Gasteiger partial charge in [0.05, 0.1) is 24.6 Å².